The summed E-state index contributed by atoms with van der Waals surface area (Å²) < 4.78 is 0. The Morgan fingerprint density at radius 1 is 1.16 bits per heavy atom. The maximum Gasteiger partial charge on any atom is 0.150 e. The van der Waals surface area contributed by atoms with Gasteiger partial charge in [0.15, 0.2) is 5.82 Å². The lowest BCUT2D eigenvalue weighted by molar-refractivity contribution is 0.670. The summed E-state index contributed by atoms with van der Waals surface area (Å²) in [6, 6.07) is 7.80. The molecular weight excluding hydrogens is 260 g/mol. The lowest BCUT2D eigenvalue weighted by atomic mass is 10.1. The van der Waals surface area contributed by atoms with Gasteiger partial charge >= 0.3 is 0 Å². The molecule has 0 aliphatic carbocycles. The highest BCUT2D eigenvalue weighted by atomic mass is 35.5. The highest BCUT2D eigenvalue weighted by Gasteiger charge is 2.06. The number of aromatic amines is 1. The summed E-state index contributed by atoms with van der Waals surface area (Å²) in [4.78, 5) is 4.49. The third-order valence-electron chi connectivity index (χ3n) is 3.00. The second kappa shape index (κ2) is 7.26. The molecule has 1 aromatic heterocycles. The van der Waals surface area contributed by atoms with Crippen molar-refractivity contribution in [2.45, 2.75) is 32.1 Å². The predicted octanol–water partition coefficient (Wildman–Crippen LogP) is 2.72. The standard InChI is InChI=1S/C14H19ClN4/c15-12-7-4-3-6-11(12)10-14-17-13(18-19-14)8-2-1-5-9-16/h3-4,6-7H,1-2,5,8-10,16H2,(H,17,18,19). The van der Waals surface area contributed by atoms with Crippen molar-refractivity contribution >= 4 is 11.6 Å². The fraction of sp³-hybridized carbons (Fsp3) is 0.429. The van der Waals surface area contributed by atoms with Crippen LogP contribution in [0.25, 0.3) is 0 Å². The highest BCUT2D eigenvalue weighted by Crippen LogP contribution is 2.17. The van der Waals surface area contributed by atoms with E-state index in [9.17, 15) is 0 Å². The Morgan fingerprint density at radius 3 is 2.79 bits per heavy atom. The van der Waals surface area contributed by atoms with Crippen LogP contribution < -0.4 is 5.73 Å². The molecule has 0 atom stereocenters. The zero-order chi connectivity index (χ0) is 13.5. The number of hydrogen-bond acceptors (Lipinski definition) is 3. The Morgan fingerprint density at radius 2 is 2.00 bits per heavy atom. The molecule has 0 saturated carbocycles. The molecule has 0 aliphatic rings. The molecule has 102 valence electrons. The summed E-state index contributed by atoms with van der Waals surface area (Å²) in [6.07, 6.45) is 4.87. The van der Waals surface area contributed by atoms with E-state index in [0.29, 0.717) is 6.42 Å². The first-order chi connectivity index (χ1) is 9.29. The maximum absolute atomic E-state index is 6.13. The van der Waals surface area contributed by atoms with Crippen molar-refractivity contribution in [3.63, 3.8) is 0 Å². The van der Waals surface area contributed by atoms with Gasteiger partial charge in [-0.1, -0.05) is 36.2 Å². The van der Waals surface area contributed by atoms with Crippen LogP contribution in [0.1, 0.15) is 36.5 Å². The number of halogens is 1. The number of nitrogens with zero attached hydrogens (tertiary/aromatic N) is 2. The SMILES string of the molecule is NCCCCCc1n[nH]c(Cc2ccccc2Cl)n1. The van der Waals surface area contributed by atoms with E-state index < -0.39 is 0 Å². The van der Waals surface area contributed by atoms with E-state index in [1.807, 2.05) is 24.3 Å². The van der Waals surface area contributed by atoms with Gasteiger partial charge in [0, 0.05) is 17.9 Å². The van der Waals surface area contributed by atoms with Crippen molar-refractivity contribution in [1.82, 2.24) is 15.2 Å². The molecule has 0 unspecified atom stereocenters. The number of unbranched alkanes of at least 4 members (excludes halogenated alkanes) is 2. The van der Waals surface area contributed by atoms with Gasteiger partial charge in [-0.25, -0.2) is 4.98 Å². The lowest BCUT2D eigenvalue weighted by Crippen LogP contribution is -1.98. The van der Waals surface area contributed by atoms with Crippen molar-refractivity contribution in [3.05, 3.63) is 46.5 Å². The van der Waals surface area contributed by atoms with E-state index in [0.717, 1.165) is 54.5 Å². The van der Waals surface area contributed by atoms with Crippen molar-refractivity contribution in [2.24, 2.45) is 5.73 Å². The zero-order valence-electron chi connectivity index (χ0n) is 10.9. The Balaban J connectivity index is 1.89. The third kappa shape index (κ3) is 4.33. The molecule has 5 heteroatoms. The minimum absolute atomic E-state index is 0.690. The number of aromatic nitrogens is 3. The van der Waals surface area contributed by atoms with E-state index in [1.165, 1.54) is 0 Å². The van der Waals surface area contributed by atoms with Crippen LogP contribution in [0.5, 0.6) is 0 Å². The second-order valence-corrected chi connectivity index (χ2v) is 4.97. The first-order valence-corrected chi connectivity index (χ1v) is 7.01. The molecule has 1 aromatic carbocycles. The molecule has 4 nitrogen and oxygen atoms in total. The molecule has 0 saturated heterocycles. The normalized spacial score (nSPS) is 10.8. The van der Waals surface area contributed by atoms with Gasteiger partial charge < -0.3 is 5.73 Å². The number of nitrogens with one attached hydrogen (secondary N) is 1. The van der Waals surface area contributed by atoms with Crippen molar-refractivity contribution in [1.29, 1.82) is 0 Å². The second-order valence-electron chi connectivity index (χ2n) is 4.57. The summed E-state index contributed by atoms with van der Waals surface area (Å²) in [5.74, 6) is 1.74. The monoisotopic (exact) mass is 278 g/mol. The summed E-state index contributed by atoms with van der Waals surface area (Å²) in [5, 5.41) is 7.97. The van der Waals surface area contributed by atoms with E-state index in [2.05, 4.69) is 15.2 Å². The van der Waals surface area contributed by atoms with Crippen molar-refractivity contribution in [2.75, 3.05) is 6.54 Å². The van der Waals surface area contributed by atoms with Gasteiger partial charge in [-0.05, 0) is 31.0 Å². The lowest BCUT2D eigenvalue weighted by Gasteiger charge is -2.00. The summed E-state index contributed by atoms with van der Waals surface area (Å²) >= 11 is 6.13. The number of H-pyrrole nitrogens is 1. The molecule has 0 aliphatic heterocycles. The predicted molar refractivity (Wildman–Crippen MR) is 77.3 cm³/mol. The fourth-order valence-electron chi connectivity index (χ4n) is 1.95. The van der Waals surface area contributed by atoms with E-state index >= 15 is 0 Å². The maximum atomic E-state index is 6.13. The quantitative estimate of drug-likeness (QED) is 0.765. The van der Waals surface area contributed by atoms with Crippen molar-refractivity contribution in [3.8, 4) is 0 Å². The molecule has 0 radical (unpaired) electrons. The molecule has 0 fully saturated rings. The molecule has 2 aromatic rings. The van der Waals surface area contributed by atoms with Crippen LogP contribution >= 0.6 is 11.6 Å². The molecule has 0 spiro atoms. The van der Waals surface area contributed by atoms with Gasteiger partial charge in [0.05, 0.1) is 0 Å². The van der Waals surface area contributed by atoms with Crippen LogP contribution in [0.3, 0.4) is 0 Å². The smallest absolute Gasteiger partial charge is 0.150 e. The van der Waals surface area contributed by atoms with Crippen LogP contribution in [-0.4, -0.2) is 21.7 Å². The fourth-order valence-corrected chi connectivity index (χ4v) is 2.15. The van der Waals surface area contributed by atoms with Crippen LogP contribution in [0.2, 0.25) is 5.02 Å². The first kappa shape index (κ1) is 14.0. The summed E-state index contributed by atoms with van der Waals surface area (Å²) in [7, 11) is 0. The van der Waals surface area contributed by atoms with Gasteiger partial charge in [0.25, 0.3) is 0 Å². The van der Waals surface area contributed by atoms with Gasteiger partial charge in [-0.2, -0.15) is 5.10 Å². The molecule has 1 heterocycles. The van der Waals surface area contributed by atoms with Crippen LogP contribution in [-0.2, 0) is 12.8 Å². The van der Waals surface area contributed by atoms with Crippen LogP contribution in [0, 0.1) is 0 Å². The summed E-state index contributed by atoms with van der Waals surface area (Å²) in [5.41, 5.74) is 6.53. The van der Waals surface area contributed by atoms with Gasteiger partial charge in [0.2, 0.25) is 0 Å². The average molecular weight is 279 g/mol. The Bertz CT molecular complexity index is 510. The summed E-state index contributed by atoms with van der Waals surface area (Å²) in [6.45, 7) is 0.756. The molecule has 0 bridgehead atoms. The molecule has 2 rings (SSSR count). The minimum Gasteiger partial charge on any atom is -0.330 e. The number of benzene rings is 1. The Hall–Kier alpha value is -1.39. The van der Waals surface area contributed by atoms with Gasteiger partial charge in [-0.15, -0.1) is 0 Å². The molecule has 19 heavy (non-hydrogen) atoms. The number of nitrogens with two attached hydrogens (primary N) is 1. The minimum atomic E-state index is 0.690. The molecular formula is C14H19ClN4. The number of hydrogen-bond donors (Lipinski definition) is 2. The number of rotatable bonds is 7. The average Bonchev–Trinajstić information content (AvgIpc) is 2.85. The van der Waals surface area contributed by atoms with Crippen LogP contribution in [0.4, 0.5) is 0 Å². The molecule has 3 N–H and O–H groups in total. The third-order valence-corrected chi connectivity index (χ3v) is 3.37. The Labute approximate surface area is 118 Å². The van der Waals surface area contributed by atoms with Gasteiger partial charge in [0.1, 0.15) is 5.82 Å². The van der Waals surface area contributed by atoms with Gasteiger partial charge in [-0.3, -0.25) is 5.10 Å². The van der Waals surface area contributed by atoms with E-state index in [1.54, 1.807) is 0 Å². The van der Waals surface area contributed by atoms with Crippen molar-refractivity contribution < 1.29 is 0 Å². The number of aryl methyl sites for hydroxylation is 1. The Kier molecular flexibility index (Phi) is 5.36. The van der Waals surface area contributed by atoms with E-state index in [-0.39, 0.29) is 0 Å². The van der Waals surface area contributed by atoms with Crippen LogP contribution in [0.15, 0.2) is 24.3 Å². The zero-order valence-corrected chi connectivity index (χ0v) is 11.7. The largest absolute Gasteiger partial charge is 0.330 e. The topological polar surface area (TPSA) is 67.6 Å². The first-order valence-electron chi connectivity index (χ1n) is 6.63. The molecule has 0 amide bonds. The van der Waals surface area contributed by atoms with E-state index in [4.69, 9.17) is 17.3 Å². The highest BCUT2D eigenvalue weighted by molar-refractivity contribution is 6.31.